The van der Waals surface area contributed by atoms with E-state index in [2.05, 4.69) is 18.8 Å². The Morgan fingerprint density at radius 1 is 0.900 bits per heavy atom. The summed E-state index contributed by atoms with van der Waals surface area (Å²) in [6.07, 6.45) is 21.0. The maximum atomic E-state index is 12.6. The minimum atomic E-state index is -0.0470. The highest BCUT2D eigenvalue weighted by Gasteiger charge is 2.33. The summed E-state index contributed by atoms with van der Waals surface area (Å²) in [5.74, 6) is 3.36. The molecule has 0 atom stereocenters. The molecule has 0 aromatic carbocycles. The molecule has 0 N–H and O–H groups in total. The van der Waals surface area contributed by atoms with E-state index in [-0.39, 0.29) is 11.9 Å². The number of aryl methyl sites for hydroxylation is 1. The Morgan fingerprint density at radius 3 is 2.20 bits per heavy atom. The first-order valence-electron chi connectivity index (χ1n) is 12.9. The van der Waals surface area contributed by atoms with E-state index in [4.69, 9.17) is 4.74 Å². The number of esters is 1. The van der Waals surface area contributed by atoms with E-state index in [9.17, 15) is 4.79 Å². The second-order valence-electron chi connectivity index (χ2n) is 9.90. The molecule has 0 saturated heterocycles. The Labute approximate surface area is 184 Å². The van der Waals surface area contributed by atoms with Crippen LogP contribution in [0.3, 0.4) is 0 Å². The standard InChI is InChI=1S/C27H43NO2/c1-3-5-6-7-9-21-10-12-22(13-11-21)23-14-16-24(17-15-23)27(29)30-26-19-18-25(8-4-2)28-20-26/h18-24H,3-17H2,1-2H3. The molecule has 3 rings (SSSR count). The van der Waals surface area contributed by atoms with Crippen LogP contribution in [-0.4, -0.2) is 11.0 Å². The van der Waals surface area contributed by atoms with Gasteiger partial charge in [0.05, 0.1) is 12.1 Å². The summed E-state index contributed by atoms with van der Waals surface area (Å²) in [7, 11) is 0. The third kappa shape index (κ3) is 7.10. The maximum Gasteiger partial charge on any atom is 0.314 e. The number of carbonyl (C=O) groups excluding carboxylic acids is 1. The lowest BCUT2D eigenvalue weighted by Gasteiger charge is -2.37. The number of ether oxygens (including phenoxy) is 1. The molecule has 1 aromatic heterocycles. The van der Waals surface area contributed by atoms with Crippen LogP contribution in [0.2, 0.25) is 0 Å². The number of nitrogens with zero attached hydrogens (tertiary/aromatic N) is 1. The van der Waals surface area contributed by atoms with Crippen molar-refractivity contribution in [3.8, 4) is 5.75 Å². The van der Waals surface area contributed by atoms with E-state index in [1.54, 1.807) is 6.20 Å². The van der Waals surface area contributed by atoms with Gasteiger partial charge in [-0.2, -0.15) is 0 Å². The molecule has 0 amide bonds. The van der Waals surface area contributed by atoms with E-state index in [0.29, 0.717) is 5.75 Å². The number of unbranched alkanes of at least 4 members (excludes halogenated alkanes) is 3. The monoisotopic (exact) mass is 413 g/mol. The van der Waals surface area contributed by atoms with Crippen molar-refractivity contribution in [3.63, 3.8) is 0 Å². The molecule has 0 radical (unpaired) electrons. The van der Waals surface area contributed by atoms with Gasteiger partial charge >= 0.3 is 5.97 Å². The number of aromatic nitrogens is 1. The summed E-state index contributed by atoms with van der Waals surface area (Å²) in [4.78, 5) is 17.0. The molecular formula is C27H43NO2. The van der Waals surface area contributed by atoms with Crippen LogP contribution in [0, 0.1) is 23.7 Å². The Morgan fingerprint density at radius 2 is 1.60 bits per heavy atom. The predicted molar refractivity (Wildman–Crippen MR) is 124 cm³/mol. The van der Waals surface area contributed by atoms with Gasteiger partial charge in [0, 0.05) is 5.69 Å². The molecule has 0 bridgehead atoms. The van der Waals surface area contributed by atoms with Crippen LogP contribution in [-0.2, 0) is 11.2 Å². The lowest BCUT2D eigenvalue weighted by atomic mass is 9.68. The summed E-state index contributed by atoms with van der Waals surface area (Å²) in [6, 6.07) is 3.87. The number of pyridine rings is 1. The Hall–Kier alpha value is -1.38. The molecule has 2 fully saturated rings. The summed E-state index contributed by atoms with van der Waals surface area (Å²) >= 11 is 0. The van der Waals surface area contributed by atoms with E-state index < -0.39 is 0 Å². The summed E-state index contributed by atoms with van der Waals surface area (Å²) < 4.78 is 5.64. The SMILES string of the molecule is CCCCCCC1CCC(C2CCC(C(=O)Oc3ccc(CCC)nc3)CC2)CC1. The normalized spacial score (nSPS) is 27.0. The van der Waals surface area contributed by atoms with Crippen molar-refractivity contribution in [2.24, 2.45) is 23.7 Å². The Balaban J connectivity index is 1.35. The van der Waals surface area contributed by atoms with Crippen LogP contribution < -0.4 is 4.74 Å². The lowest BCUT2D eigenvalue weighted by Crippen LogP contribution is -2.30. The topological polar surface area (TPSA) is 39.2 Å². The van der Waals surface area contributed by atoms with Crippen LogP contribution in [0.4, 0.5) is 0 Å². The minimum Gasteiger partial charge on any atom is -0.425 e. The van der Waals surface area contributed by atoms with E-state index in [1.807, 2.05) is 12.1 Å². The van der Waals surface area contributed by atoms with Crippen LogP contribution >= 0.6 is 0 Å². The number of rotatable bonds is 10. The van der Waals surface area contributed by atoms with Gasteiger partial charge in [0.1, 0.15) is 5.75 Å². The fourth-order valence-electron chi connectivity index (χ4n) is 5.71. The quantitative estimate of drug-likeness (QED) is 0.294. The largest absolute Gasteiger partial charge is 0.425 e. The first kappa shape index (κ1) is 23.3. The van der Waals surface area contributed by atoms with Gasteiger partial charge in [-0.05, 0) is 74.8 Å². The highest BCUT2D eigenvalue weighted by Crippen LogP contribution is 2.42. The molecule has 0 unspecified atom stereocenters. The molecule has 3 heteroatoms. The van der Waals surface area contributed by atoms with Gasteiger partial charge in [0.15, 0.2) is 0 Å². The first-order valence-corrected chi connectivity index (χ1v) is 12.9. The smallest absolute Gasteiger partial charge is 0.314 e. The van der Waals surface area contributed by atoms with Crippen LogP contribution in [0.25, 0.3) is 0 Å². The van der Waals surface area contributed by atoms with Gasteiger partial charge in [0.2, 0.25) is 0 Å². The Bertz CT molecular complexity index is 610. The first-order chi connectivity index (χ1) is 14.7. The fourth-order valence-corrected chi connectivity index (χ4v) is 5.71. The van der Waals surface area contributed by atoms with Gasteiger partial charge < -0.3 is 4.74 Å². The highest BCUT2D eigenvalue weighted by atomic mass is 16.5. The molecule has 1 aromatic rings. The number of hydrogen-bond donors (Lipinski definition) is 0. The molecule has 0 aliphatic heterocycles. The van der Waals surface area contributed by atoms with Crippen LogP contribution in [0.15, 0.2) is 18.3 Å². The number of carbonyl (C=O) groups is 1. The molecule has 2 aliphatic rings. The molecule has 3 nitrogen and oxygen atoms in total. The zero-order valence-corrected chi connectivity index (χ0v) is 19.4. The van der Waals surface area contributed by atoms with E-state index in [1.165, 1.54) is 70.6 Å². The van der Waals surface area contributed by atoms with Crippen molar-refractivity contribution in [1.82, 2.24) is 4.98 Å². The fraction of sp³-hybridized carbons (Fsp3) is 0.778. The third-order valence-electron chi connectivity index (χ3n) is 7.65. The average Bonchev–Trinajstić information content (AvgIpc) is 2.79. The van der Waals surface area contributed by atoms with Crippen molar-refractivity contribution in [2.45, 2.75) is 110 Å². The van der Waals surface area contributed by atoms with Gasteiger partial charge in [0.25, 0.3) is 0 Å². The lowest BCUT2D eigenvalue weighted by molar-refractivity contribution is -0.140. The second-order valence-corrected chi connectivity index (χ2v) is 9.90. The predicted octanol–water partition coefficient (Wildman–Crippen LogP) is 7.52. The van der Waals surface area contributed by atoms with Crippen molar-refractivity contribution in [1.29, 1.82) is 0 Å². The number of hydrogen-bond acceptors (Lipinski definition) is 3. The molecule has 168 valence electrons. The van der Waals surface area contributed by atoms with E-state index >= 15 is 0 Å². The average molecular weight is 414 g/mol. The molecule has 2 aliphatic carbocycles. The van der Waals surface area contributed by atoms with Crippen molar-refractivity contribution < 1.29 is 9.53 Å². The third-order valence-corrected chi connectivity index (χ3v) is 7.65. The molecule has 1 heterocycles. The zero-order chi connectivity index (χ0) is 21.2. The molecule has 0 spiro atoms. The summed E-state index contributed by atoms with van der Waals surface area (Å²) in [5, 5.41) is 0. The van der Waals surface area contributed by atoms with Gasteiger partial charge in [-0.25, -0.2) is 0 Å². The van der Waals surface area contributed by atoms with Gasteiger partial charge in [-0.15, -0.1) is 0 Å². The maximum absolute atomic E-state index is 12.6. The van der Waals surface area contributed by atoms with Gasteiger partial charge in [-0.3, -0.25) is 9.78 Å². The summed E-state index contributed by atoms with van der Waals surface area (Å²) in [5.41, 5.74) is 1.06. The van der Waals surface area contributed by atoms with Crippen LogP contribution in [0.1, 0.15) is 109 Å². The van der Waals surface area contributed by atoms with Gasteiger partial charge in [-0.1, -0.05) is 65.2 Å². The van der Waals surface area contributed by atoms with E-state index in [0.717, 1.165) is 49.1 Å². The highest BCUT2D eigenvalue weighted by molar-refractivity contribution is 5.75. The molecule has 30 heavy (non-hydrogen) atoms. The minimum absolute atomic E-state index is 0.0470. The van der Waals surface area contributed by atoms with Crippen molar-refractivity contribution in [3.05, 3.63) is 24.0 Å². The summed E-state index contributed by atoms with van der Waals surface area (Å²) in [6.45, 7) is 4.44. The molecule has 2 saturated carbocycles. The second kappa shape index (κ2) is 12.5. The molecular weight excluding hydrogens is 370 g/mol. The van der Waals surface area contributed by atoms with Crippen molar-refractivity contribution in [2.75, 3.05) is 0 Å². The van der Waals surface area contributed by atoms with Crippen LogP contribution in [0.5, 0.6) is 5.75 Å². The zero-order valence-electron chi connectivity index (χ0n) is 19.4. The van der Waals surface area contributed by atoms with Crippen molar-refractivity contribution >= 4 is 5.97 Å². The Kier molecular flexibility index (Phi) is 9.68.